The predicted octanol–water partition coefficient (Wildman–Crippen LogP) is 2.08. The first-order chi connectivity index (χ1) is 13.0. The SMILES string of the molecule is Cc1ccc(C)c(OCC(=O)NCc2ccc(C(=O)NCCCN)cc2)c1. The lowest BCUT2D eigenvalue weighted by molar-refractivity contribution is -0.123. The summed E-state index contributed by atoms with van der Waals surface area (Å²) in [5, 5.41) is 5.62. The van der Waals surface area contributed by atoms with Gasteiger partial charge in [0.15, 0.2) is 6.61 Å². The molecule has 0 spiro atoms. The van der Waals surface area contributed by atoms with Crippen LogP contribution in [0.1, 0.15) is 33.5 Å². The Hall–Kier alpha value is -2.86. The molecule has 2 amide bonds. The van der Waals surface area contributed by atoms with Gasteiger partial charge in [-0.3, -0.25) is 9.59 Å². The van der Waals surface area contributed by atoms with E-state index in [0.29, 0.717) is 25.2 Å². The first-order valence-corrected chi connectivity index (χ1v) is 9.03. The summed E-state index contributed by atoms with van der Waals surface area (Å²) in [7, 11) is 0. The average Bonchev–Trinajstić information content (AvgIpc) is 2.67. The zero-order valence-electron chi connectivity index (χ0n) is 15.9. The summed E-state index contributed by atoms with van der Waals surface area (Å²) in [6.07, 6.45) is 0.750. The quantitative estimate of drug-likeness (QED) is 0.590. The highest BCUT2D eigenvalue weighted by molar-refractivity contribution is 5.94. The smallest absolute Gasteiger partial charge is 0.258 e. The molecule has 0 unspecified atom stereocenters. The van der Waals surface area contributed by atoms with Crippen LogP contribution in [0.4, 0.5) is 0 Å². The number of ether oxygens (including phenoxy) is 1. The summed E-state index contributed by atoms with van der Waals surface area (Å²) < 4.78 is 5.59. The second kappa shape index (κ2) is 10.3. The minimum absolute atomic E-state index is 0.0358. The molecule has 2 aromatic carbocycles. The third-order valence-electron chi connectivity index (χ3n) is 4.07. The van der Waals surface area contributed by atoms with Crippen LogP contribution >= 0.6 is 0 Å². The number of benzene rings is 2. The average molecular weight is 369 g/mol. The van der Waals surface area contributed by atoms with Gasteiger partial charge in [-0.2, -0.15) is 0 Å². The number of carbonyl (C=O) groups excluding carboxylic acids is 2. The van der Waals surface area contributed by atoms with Crippen molar-refractivity contribution in [2.24, 2.45) is 5.73 Å². The number of carbonyl (C=O) groups is 2. The van der Waals surface area contributed by atoms with Gasteiger partial charge < -0.3 is 21.1 Å². The third kappa shape index (κ3) is 6.75. The van der Waals surface area contributed by atoms with Crippen LogP contribution in [0.25, 0.3) is 0 Å². The fourth-order valence-corrected chi connectivity index (χ4v) is 2.44. The van der Waals surface area contributed by atoms with Crippen molar-refractivity contribution in [2.75, 3.05) is 19.7 Å². The van der Waals surface area contributed by atoms with Gasteiger partial charge in [-0.25, -0.2) is 0 Å². The van der Waals surface area contributed by atoms with E-state index in [1.165, 1.54) is 0 Å². The highest BCUT2D eigenvalue weighted by Gasteiger charge is 2.07. The maximum Gasteiger partial charge on any atom is 0.258 e. The van der Waals surface area contributed by atoms with Gasteiger partial charge in [0.1, 0.15) is 5.75 Å². The molecule has 0 aliphatic heterocycles. The van der Waals surface area contributed by atoms with Crippen LogP contribution < -0.4 is 21.1 Å². The molecule has 0 radical (unpaired) electrons. The van der Waals surface area contributed by atoms with E-state index in [9.17, 15) is 9.59 Å². The lowest BCUT2D eigenvalue weighted by Gasteiger charge is -2.10. The Labute approximate surface area is 160 Å². The minimum atomic E-state index is -0.195. The largest absolute Gasteiger partial charge is 0.483 e. The second-order valence-corrected chi connectivity index (χ2v) is 6.43. The van der Waals surface area contributed by atoms with Crippen molar-refractivity contribution in [3.63, 3.8) is 0 Å². The van der Waals surface area contributed by atoms with Crippen LogP contribution in [0, 0.1) is 13.8 Å². The molecule has 0 heterocycles. The molecular formula is C21H27N3O3. The minimum Gasteiger partial charge on any atom is -0.483 e. The van der Waals surface area contributed by atoms with Crippen LogP contribution in [0.2, 0.25) is 0 Å². The Bertz CT molecular complexity index is 773. The molecule has 2 rings (SSSR count). The van der Waals surface area contributed by atoms with Crippen molar-refractivity contribution in [2.45, 2.75) is 26.8 Å². The standard InChI is InChI=1S/C21H27N3O3/c1-15-4-5-16(2)19(12-15)27-14-20(25)24-13-17-6-8-18(9-7-17)21(26)23-11-3-10-22/h4-9,12H,3,10-11,13-14,22H2,1-2H3,(H,23,26)(H,24,25). The van der Waals surface area contributed by atoms with Crippen LogP contribution in [0.15, 0.2) is 42.5 Å². The highest BCUT2D eigenvalue weighted by Crippen LogP contribution is 2.18. The van der Waals surface area contributed by atoms with E-state index in [4.69, 9.17) is 10.5 Å². The molecule has 0 atom stereocenters. The van der Waals surface area contributed by atoms with Crippen molar-refractivity contribution >= 4 is 11.8 Å². The van der Waals surface area contributed by atoms with E-state index in [2.05, 4.69) is 10.6 Å². The molecule has 6 heteroatoms. The molecular weight excluding hydrogens is 342 g/mol. The molecule has 2 aromatic rings. The Morgan fingerprint density at radius 1 is 1.04 bits per heavy atom. The van der Waals surface area contributed by atoms with Gasteiger partial charge in [0.05, 0.1) is 0 Å². The summed E-state index contributed by atoms with van der Waals surface area (Å²) >= 11 is 0. The summed E-state index contributed by atoms with van der Waals surface area (Å²) in [5.41, 5.74) is 8.98. The van der Waals surface area contributed by atoms with E-state index in [1.807, 2.05) is 44.2 Å². The lowest BCUT2D eigenvalue weighted by atomic mass is 10.1. The van der Waals surface area contributed by atoms with E-state index in [-0.39, 0.29) is 18.4 Å². The number of rotatable bonds is 9. The zero-order valence-corrected chi connectivity index (χ0v) is 15.9. The van der Waals surface area contributed by atoms with Crippen molar-refractivity contribution < 1.29 is 14.3 Å². The first kappa shape index (κ1) is 20.5. The first-order valence-electron chi connectivity index (χ1n) is 9.03. The molecule has 0 aromatic heterocycles. The molecule has 0 bridgehead atoms. The van der Waals surface area contributed by atoms with Crippen molar-refractivity contribution in [1.82, 2.24) is 10.6 Å². The van der Waals surface area contributed by atoms with E-state index in [1.54, 1.807) is 12.1 Å². The molecule has 0 saturated heterocycles. The number of hydrogen-bond donors (Lipinski definition) is 3. The topological polar surface area (TPSA) is 93.4 Å². The zero-order chi connectivity index (χ0) is 19.6. The molecule has 0 saturated carbocycles. The maximum atomic E-state index is 12.0. The lowest BCUT2D eigenvalue weighted by Crippen LogP contribution is -2.28. The number of hydrogen-bond acceptors (Lipinski definition) is 4. The van der Waals surface area contributed by atoms with E-state index < -0.39 is 0 Å². The summed E-state index contributed by atoms with van der Waals surface area (Å²) in [6, 6.07) is 13.0. The number of nitrogens with one attached hydrogen (secondary N) is 2. The van der Waals surface area contributed by atoms with Gasteiger partial charge in [0.25, 0.3) is 11.8 Å². The molecule has 144 valence electrons. The van der Waals surface area contributed by atoms with E-state index >= 15 is 0 Å². The van der Waals surface area contributed by atoms with Gasteiger partial charge in [-0.15, -0.1) is 0 Å². The van der Waals surface area contributed by atoms with Gasteiger partial charge in [0.2, 0.25) is 0 Å². The summed E-state index contributed by atoms with van der Waals surface area (Å²) in [4.78, 5) is 23.9. The fourth-order valence-electron chi connectivity index (χ4n) is 2.44. The Morgan fingerprint density at radius 3 is 2.48 bits per heavy atom. The normalized spacial score (nSPS) is 10.3. The summed E-state index contributed by atoms with van der Waals surface area (Å²) in [6.45, 7) is 5.38. The highest BCUT2D eigenvalue weighted by atomic mass is 16.5. The number of nitrogens with two attached hydrogens (primary N) is 1. The van der Waals surface area contributed by atoms with Crippen LogP contribution in [-0.2, 0) is 11.3 Å². The summed E-state index contributed by atoms with van der Waals surface area (Å²) in [5.74, 6) is 0.399. The Kier molecular flexibility index (Phi) is 7.82. The van der Waals surface area contributed by atoms with Gasteiger partial charge in [0, 0.05) is 18.7 Å². The van der Waals surface area contributed by atoms with Crippen molar-refractivity contribution in [3.05, 3.63) is 64.7 Å². The van der Waals surface area contributed by atoms with Crippen LogP contribution in [0.3, 0.4) is 0 Å². The predicted molar refractivity (Wildman–Crippen MR) is 106 cm³/mol. The van der Waals surface area contributed by atoms with Gasteiger partial charge in [-0.05, 0) is 61.7 Å². The second-order valence-electron chi connectivity index (χ2n) is 6.43. The maximum absolute atomic E-state index is 12.0. The molecule has 0 fully saturated rings. The Morgan fingerprint density at radius 2 is 1.78 bits per heavy atom. The monoisotopic (exact) mass is 369 g/mol. The molecule has 0 aliphatic rings. The number of aryl methyl sites for hydroxylation is 2. The van der Waals surface area contributed by atoms with Gasteiger partial charge in [-0.1, -0.05) is 24.3 Å². The van der Waals surface area contributed by atoms with Crippen molar-refractivity contribution in [3.8, 4) is 5.75 Å². The molecule has 0 aliphatic carbocycles. The fraction of sp³-hybridized carbons (Fsp3) is 0.333. The van der Waals surface area contributed by atoms with Crippen molar-refractivity contribution in [1.29, 1.82) is 0 Å². The molecule has 4 N–H and O–H groups in total. The van der Waals surface area contributed by atoms with E-state index in [0.717, 1.165) is 28.9 Å². The third-order valence-corrected chi connectivity index (χ3v) is 4.07. The Balaban J connectivity index is 1.78. The van der Waals surface area contributed by atoms with Crippen LogP contribution in [-0.4, -0.2) is 31.5 Å². The molecule has 27 heavy (non-hydrogen) atoms. The number of amides is 2. The van der Waals surface area contributed by atoms with Crippen LogP contribution in [0.5, 0.6) is 5.75 Å². The molecule has 6 nitrogen and oxygen atoms in total. The van der Waals surface area contributed by atoms with Gasteiger partial charge >= 0.3 is 0 Å².